The van der Waals surface area contributed by atoms with Crippen LogP contribution in [0, 0.1) is 0 Å². The summed E-state index contributed by atoms with van der Waals surface area (Å²) in [4.78, 5) is 4.64. The summed E-state index contributed by atoms with van der Waals surface area (Å²) in [6.45, 7) is 0.130. The molecule has 0 heterocycles. The van der Waals surface area contributed by atoms with Gasteiger partial charge in [-0.2, -0.15) is 0 Å². The van der Waals surface area contributed by atoms with Gasteiger partial charge in [0.1, 0.15) is 12.9 Å². The normalized spacial score (nSPS) is 10.4. The lowest BCUT2D eigenvalue weighted by atomic mass is 10.2. The Morgan fingerprint density at radius 3 is 2.28 bits per heavy atom. The van der Waals surface area contributed by atoms with E-state index in [2.05, 4.69) is 9.99 Å². The molecule has 0 radical (unpaired) electrons. The lowest BCUT2D eigenvalue weighted by Gasteiger charge is -2.13. The van der Waals surface area contributed by atoms with E-state index in [1.165, 1.54) is 13.3 Å². The summed E-state index contributed by atoms with van der Waals surface area (Å²) in [7, 11) is 6.13. The molecular formula is C12H17NO5. The van der Waals surface area contributed by atoms with Gasteiger partial charge in [-0.15, -0.1) is 0 Å². The van der Waals surface area contributed by atoms with Gasteiger partial charge in [0.05, 0.1) is 20.4 Å². The smallest absolute Gasteiger partial charge is 0.188 e. The van der Waals surface area contributed by atoms with Gasteiger partial charge in [-0.25, -0.2) is 0 Å². The first kappa shape index (κ1) is 14.1. The fourth-order valence-corrected chi connectivity index (χ4v) is 1.34. The van der Waals surface area contributed by atoms with Crippen LogP contribution in [0.5, 0.6) is 17.2 Å². The summed E-state index contributed by atoms with van der Waals surface area (Å²) in [5.74, 6) is 1.69. The summed E-state index contributed by atoms with van der Waals surface area (Å²) in [6.07, 6.45) is 1.53. The van der Waals surface area contributed by atoms with E-state index in [4.69, 9.17) is 18.9 Å². The fraction of sp³-hybridized carbons (Fsp3) is 0.417. The van der Waals surface area contributed by atoms with E-state index in [0.717, 1.165) is 5.56 Å². The van der Waals surface area contributed by atoms with Crippen molar-refractivity contribution in [1.82, 2.24) is 0 Å². The number of benzene rings is 1. The van der Waals surface area contributed by atoms with Crippen LogP contribution in [-0.4, -0.2) is 41.4 Å². The molecule has 0 bridgehead atoms. The molecule has 0 aliphatic carbocycles. The zero-order chi connectivity index (χ0) is 13.4. The Balaban J connectivity index is 3.10. The van der Waals surface area contributed by atoms with Gasteiger partial charge >= 0.3 is 0 Å². The first-order valence-electron chi connectivity index (χ1n) is 5.21. The molecule has 0 saturated carbocycles. The minimum absolute atomic E-state index is 0.130. The van der Waals surface area contributed by atoms with E-state index < -0.39 is 0 Å². The molecule has 1 rings (SSSR count). The van der Waals surface area contributed by atoms with Gasteiger partial charge in [-0.05, 0) is 6.07 Å². The number of ether oxygens (including phenoxy) is 4. The van der Waals surface area contributed by atoms with Crippen molar-refractivity contribution in [3.63, 3.8) is 0 Å². The van der Waals surface area contributed by atoms with Crippen molar-refractivity contribution in [2.24, 2.45) is 5.16 Å². The fourth-order valence-electron chi connectivity index (χ4n) is 1.34. The lowest BCUT2D eigenvalue weighted by Crippen LogP contribution is -2.02. The third kappa shape index (κ3) is 3.53. The van der Waals surface area contributed by atoms with E-state index in [-0.39, 0.29) is 6.79 Å². The average molecular weight is 255 g/mol. The highest BCUT2D eigenvalue weighted by Crippen LogP contribution is 2.34. The Hall–Kier alpha value is -1.95. The van der Waals surface area contributed by atoms with Crippen LogP contribution in [0.1, 0.15) is 5.56 Å². The van der Waals surface area contributed by atoms with Crippen molar-refractivity contribution in [2.45, 2.75) is 0 Å². The second-order valence-corrected chi connectivity index (χ2v) is 3.21. The monoisotopic (exact) mass is 255 g/mol. The molecule has 18 heavy (non-hydrogen) atoms. The molecule has 6 heteroatoms. The number of oxime groups is 1. The molecule has 1 aromatic carbocycles. The Morgan fingerprint density at radius 1 is 1.00 bits per heavy atom. The van der Waals surface area contributed by atoms with Gasteiger partial charge in [0, 0.05) is 18.7 Å². The second kappa shape index (κ2) is 7.39. The topological polar surface area (TPSA) is 58.5 Å². The van der Waals surface area contributed by atoms with Gasteiger partial charge in [-0.1, -0.05) is 5.16 Å². The van der Waals surface area contributed by atoms with Crippen LogP contribution in [0.15, 0.2) is 17.3 Å². The maximum atomic E-state index is 5.38. The quantitative estimate of drug-likeness (QED) is 0.421. The molecule has 0 N–H and O–H groups in total. The van der Waals surface area contributed by atoms with E-state index >= 15 is 0 Å². The highest BCUT2D eigenvalue weighted by atomic mass is 16.7. The molecule has 0 aliphatic heterocycles. The Kier molecular flexibility index (Phi) is 5.79. The minimum Gasteiger partial charge on any atom is -0.496 e. The average Bonchev–Trinajstić information content (AvgIpc) is 2.42. The predicted molar refractivity (Wildman–Crippen MR) is 66.7 cm³/mol. The summed E-state index contributed by atoms with van der Waals surface area (Å²) in [6, 6.07) is 3.45. The van der Waals surface area contributed by atoms with Crippen LogP contribution in [0.4, 0.5) is 0 Å². The number of methoxy groups -OCH3 is 3. The van der Waals surface area contributed by atoms with Crippen LogP contribution in [0.2, 0.25) is 0 Å². The lowest BCUT2D eigenvalue weighted by molar-refractivity contribution is 0.0490. The van der Waals surface area contributed by atoms with E-state index in [1.807, 2.05) is 0 Å². The Morgan fingerprint density at radius 2 is 1.72 bits per heavy atom. The van der Waals surface area contributed by atoms with Crippen molar-refractivity contribution in [1.29, 1.82) is 0 Å². The maximum absolute atomic E-state index is 5.38. The minimum atomic E-state index is 0.130. The van der Waals surface area contributed by atoms with Crippen molar-refractivity contribution in [3.8, 4) is 17.2 Å². The van der Waals surface area contributed by atoms with Crippen LogP contribution in [0.3, 0.4) is 0 Å². The van der Waals surface area contributed by atoms with Crippen LogP contribution in [0.25, 0.3) is 0 Å². The molecule has 0 amide bonds. The van der Waals surface area contributed by atoms with Gasteiger partial charge in [0.25, 0.3) is 0 Å². The Labute approximate surface area is 106 Å². The molecule has 0 saturated heterocycles. The SMILES string of the molecule is COCOc1cc(OC)c(C=NOC)cc1OC. The molecule has 0 atom stereocenters. The summed E-state index contributed by atoms with van der Waals surface area (Å²) < 4.78 is 20.7. The molecule has 100 valence electrons. The molecule has 0 spiro atoms. The highest BCUT2D eigenvalue weighted by Gasteiger charge is 2.11. The summed E-state index contributed by atoms with van der Waals surface area (Å²) >= 11 is 0. The number of rotatable bonds is 7. The first-order chi connectivity index (χ1) is 8.76. The Bertz CT molecular complexity index is 406. The summed E-state index contributed by atoms with van der Waals surface area (Å²) in [5.41, 5.74) is 0.723. The highest BCUT2D eigenvalue weighted by molar-refractivity contribution is 5.84. The third-order valence-corrected chi connectivity index (χ3v) is 2.15. The van der Waals surface area contributed by atoms with Gasteiger partial charge in [0.15, 0.2) is 18.3 Å². The number of nitrogens with zero attached hydrogens (tertiary/aromatic N) is 1. The van der Waals surface area contributed by atoms with E-state index in [1.54, 1.807) is 33.5 Å². The van der Waals surface area contributed by atoms with E-state index in [9.17, 15) is 0 Å². The summed E-state index contributed by atoms with van der Waals surface area (Å²) in [5, 5.41) is 3.69. The maximum Gasteiger partial charge on any atom is 0.188 e. The third-order valence-electron chi connectivity index (χ3n) is 2.15. The van der Waals surface area contributed by atoms with Crippen molar-refractivity contribution in [3.05, 3.63) is 17.7 Å². The largest absolute Gasteiger partial charge is 0.496 e. The molecule has 1 aromatic rings. The second-order valence-electron chi connectivity index (χ2n) is 3.21. The molecule has 0 unspecified atom stereocenters. The molecule has 0 aromatic heterocycles. The molecule has 6 nitrogen and oxygen atoms in total. The van der Waals surface area contributed by atoms with Gasteiger partial charge < -0.3 is 23.8 Å². The number of hydrogen-bond donors (Lipinski definition) is 0. The molecule has 0 aliphatic rings. The zero-order valence-corrected chi connectivity index (χ0v) is 10.9. The molecule has 0 fully saturated rings. The predicted octanol–water partition coefficient (Wildman–Crippen LogP) is 1.67. The van der Waals surface area contributed by atoms with Crippen LogP contribution < -0.4 is 14.2 Å². The molecular weight excluding hydrogens is 238 g/mol. The van der Waals surface area contributed by atoms with Crippen LogP contribution in [-0.2, 0) is 9.57 Å². The zero-order valence-electron chi connectivity index (χ0n) is 10.9. The first-order valence-corrected chi connectivity index (χ1v) is 5.21. The van der Waals surface area contributed by atoms with Crippen molar-refractivity contribution >= 4 is 6.21 Å². The van der Waals surface area contributed by atoms with Crippen LogP contribution >= 0.6 is 0 Å². The van der Waals surface area contributed by atoms with Crippen molar-refractivity contribution in [2.75, 3.05) is 35.2 Å². The number of hydrogen-bond acceptors (Lipinski definition) is 6. The standard InChI is InChI=1S/C12H17NO5/c1-14-8-18-12-6-10(15-2)9(7-13-17-4)5-11(12)16-3/h5-7H,8H2,1-4H3. The van der Waals surface area contributed by atoms with E-state index in [0.29, 0.717) is 17.2 Å². The van der Waals surface area contributed by atoms with Gasteiger partial charge in [-0.3, -0.25) is 0 Å². The van der Waals surface area contributed by atoms with Gasteiger partial charge in [0.2, 0.25) is 0 Å². The van der Waals surface area contributed by atoms with Crippen molar-refractivity contribution < 1.29 is 23.8 Å².